The van der Waals surface area contributed by atoms with E-state index in [1.807, 2.05) is 6.07 Å². The second kappa shape index (κ2) is 5.49. The molecule has 3 rings (SSSR count). The smallest absolute Gasteiger partial charge is 0.166 e. The number of benzene rings is 1. The van der Waals surface area contributed by atoms with Crippen molar-refractivity contribution < 1.29 is 13.5 Å². The number of nitriles is 1. The van der Waals surface area contributed by atoms with E-state index in [1.54, 1.807) is 13.8 Å². The zero-order valence-electron chi connectivity index (χ0n) is 13.3. The average molecular weight is 328 g/mol. The molecule has 0 bridgehead atoms. The maximum Gasteiger partial charge on any atom is 0.166 e. The average Bonchev–Trinajstić information content (AvgIpc) is 2.84. The van der Waals surface area contributed by atoms with Crippen LogP contribution in [0.25, 0.3) is 16.6 Å². The standard InChI is InChI=1S/C17H14F2N4O/c1-8-12(18)4-14(24-3)9(2)15(8)23-16-11(6-22-7-13(16)19)10(5-20)17(23)21/h4,6-7H,21H2,1-3H3. The highest BCUT2D eigenvalue weighted by atomic mass is 19.1. The molecule has 2 aromatic heterocycles. The molecule has 5 nitrogen and oxygen atoms in total. The highest BCUT2D eigenvalue weighted by Gasteiger charge is 2.24. The van der Waals surface area contributed by atoms with Gasteiger partial charge in [0.2, 0.25) is 0 Å². The van der Waals surface area contributed by atoms with E-state index in [4.69, 9.17) is 10.5 Å². The number of rotatable bonds is 2. The van der Waals surface area contributed by atoms with Gasteiger partial charge in [-0.3, -0.25) is 9.55 Å². The Morgan fingerprint density at radius 1 is 1.21 bits per heavy atom. The second-order valence-electron chi connectivity index (χ2n) is 5.38. The predicted molar refractivity (Wildman–Crippen MR) is 86.1 cm³/mol. The van der Waals surface area contributed by atoms with Crippen molar-refractivity contribution in [2.24, 2.45) is 0 Å². The first kappa shape index (κ1) is 15.7. The van der Waals surface area contributed by atoms with Crippen molar-refractivity contribution in [2.75, 3.05) is 12.8 Å². The van der Waals surface area contributed by atoms with Crippen LogP contribution in [-0.4, -0.2) is 16.7 Å². The Morgan fingerprint density at radius 2 is 1.92 bits per heavy atom. The van der Waals surface area contributed by atoms with Crippen molar-refractivity contribution in [3.63, 3.8) is 0 Å². The molecule has 1 aromatic carbocycles. The molecule has 2 heterocycles. The largest absolute Gasteiger partial charge is 0.496 e. The second-order valence-corrected chi connectivity index (χ2v) is 5.38. The van der Waals surface area contributed by atoms with Gasteiger partial charge in [0.25, 0.3) is 0 Å². The van der Waals surface area contributed by atoms with Gasteiger partial charge in [0.15, 0.2) is 5.82 Å². The lowest BCUT2D eigenvalue weighted by molar-refractivity contribution is 0.407. The van der Waals surface area contributed by atoms with Crippen LogP contribution in [-0.2, 0) is 0 Å². The first-order valence-corrected chi connectivity index (χ1v) is 7.09. The van der Waals surface area contributed by atoms with E-state index in [2.05, 4.69) is 4.98 Å². The first-order valence-electron chi connectivity index (χ1n) is 7.09. The van der Waals surface area contributed by atoms with E-state index >= 15 is 0 Å². The van der Waals surface area contributed by atoms with Crippen molar-refractivity contribution >= 4 is 16.7 Å². The van der Waals surface area contributed by atoms with Gasteiger partial charge in [-0.2, -0.15) is 5.26 Å². The summed E-state index contributed by atoms with van der Waals surface area (Å²) in [5.74, 6) is -0.829. The number of anilines is 1. The number of nitrogens with zero attached hydrogens (tertiary/aromatic N) is 3. The number of nitrogen functional groups attached to an aromatic ring is 1. The molecular formula is C17H14F2N4O. The van der Waals surface area contributed by atoms with Crippen molar-refractivity contribution in [2.45, 2.75) is 13.8 Å². The summed E-state index contributed by atoms with van der Waals surface area (Å²) >= 11 is 0. The van der Waals surface area contributed by atoms with E-state index < -0.39 is 11.6 Å². The molecule has 0 atom stereocenters. The molecule has 0 aliphatic rings. The van der Waals surface area contributed by atoms with Gasteiger partial charge in [-0.05, 0) is 13.8 Å². The Morgan fingerprint density at radius 3 is 2.54 bits per heavy atom. The molecule has 0 spiro atoms. The molecule has 7 heteroatoms. The van der Waals surface area contributed by atoms with Gasteiger partial charge in [-0.25, -0.2) is 8.78 Å². The Bertz CT molecular complexity index is 1020. The van der Waals surface area contributed by atoms with Crippen LogP contribution in [0.2, 0.25) is 0 Å². The van der Waals surface area contributed by atoms with Crippen LogP contribution in [0.15, 0.2) is 18.5 Å². The number of hydrogen-bond donors (Lipinski definition) is 1. The van der Waals surface area contributed by atoms with Crippen molar-refractivity contribution in [3.8, 4) is 17.5 Å². The monoisotopic (exact) mass is 328 g/mol. The van der Waals surface area contributed by atoms with Crippen LogP contribution < -0.4 is 10.5 Å². The lowest BCUT2D eigenvalue weighted by Gasteiger charge is -2.18. The highest BCUT2D eigenvalue weighted by molar-refractivity contribution is 5.94. The summed E-state index contributed by atoms with van der Waals surface area (Å²) in [6, 6.07) is 3.22. The lowest BCUT2D eigenvalue weighted by Crippen LogP contribution is -2.08. The van der Waals surface area contributed by atoms with Gasteiger partial charge in [0.05, 0.1) is 24.5 Å². The fourth-order valence-corrected chi connectivity index (χ4v) is 2.95. The lowest BCUT2D eigenvalue weighted by atomic mass is 10.1. The van der Waals surface area contributed by atoms with Crippen molar-refractivity contribution in [3.05, 3.63) is 46.8 Å². The Balaban J connectivity index is 2.56. The van der Waals surface area contributed by atoms with Gasteiger partial charge in [0, 0.05) is 28.8 Å². The fraction of sp³-hybridized carbons (Fsp3) is 0.176. The summed E-state index contributed by atoms with van der Waals surface area (Å²) < 4.78 is 35.3. The minimum atomic E-state index is -0.650. The number of nitrogens with two attached hydrogens (primary N) is 1. The SMILES string of the molecule is COc1cc(F)c(C)c(-n2c(N)c(C#N)c3cncc(F)c32)c1C. The predicted octanol–water partition coefficient (Wildman–Crippen LogP) is 3.38. The summed E-state index contributed by atoms with van der Waals surface area (Å²) in [4.78, 5) is 3.77. The van der Waals surface area contributed by atoms with Gasteiger partial charge >= 0.3 is 0 Å². The van der Waals surface area contributed by atoms with E-state index in [0.29, 0.717) is 17.0 Å². The Hall–Kier alpha value is -3.14. The van der Waals surface area contributed by atoms with Crippen molar-refractivity contribution in [1.29, 1.82) is 5.26 Å². The first-order chi connectivity index (χ1) is 11.4. The number of ether oxygens (including phenoxy) is 1. The van der Waals surface area contributed by atoms with Crippen LogP contribution in [0.5, 0.6) is 5.75 Å². The summed E-state index contributed by atoms with van der Waals surface area (Å²) in [6.07, 6.45) is 2.39. The van der Waals surface area contributed by atoms with E-state index in [1.165, 1.54) is 23.9 Å². The molecule has 0 aliphatic heterocycles. The molecule has 24 heavy (non-hydrogen) atoms. The number of pyridine rings is 1. The third kappa shape index (κ3) is 2.00. The van der Waals surface area contributed by atoms with Gasteiger partial charge in [-0.15, -0.1) is 0 Å². The Labute approximate surface area is 136 Å². The molecule has 122 valence electrons. The maximum atomic E-state index is 14.4. The third-order valence-corrected chi connectivity index (χ3v) is 4.11. The molecule has 3 aromatic rings. The third-order valence-electron chi connectivity index (χ3n) is 4.11. The highest BCUT2D eigenvalue weighted by Crippen LogP contribution is 2.37. The zero-order chi connectivity index (χ0) is 17.6. The van der Waals surface area contributed by atoms with Crippen LogP contribution in [0.4, 0.5) is 14.6 Å². The number of halogens is 2. The number of aromatic nitrogens is 2. The molecular weight excluding hydrogens is 314 g/mol. The minimum Gasteiger partial charge on any atom is -0.496 e. The molecule has 0 aliphatic carbocycles. The minimum absolute atomic E-state index is 0.0262. The summed E-state index contributed by atoms with van der Waals surface area (Å²) in [7, 11) is 1.42. The van der Waals surface area contributed by atoms with Crippen molar-refractivity contribution in [1.82, 2.24) is 9.55 Å². The summed E-state index contributed by atoms with van der Waals surface area (Å²) in [5, 5.41) is 9.64. The van der Waals surface area contributed by atoms with E-state index in [-0.39, 0.29) is 27.8 Å². The van der Waals surface area contributed by atoms with E-state index in [9.17, 15) is 14.0 Å². The topological polar surface area (TPSA) is 76.9 Å². The fourth-order valence-electron chi connectivity index (χ4n) is 2.95. The number of methoxy groups -OCH3 is 1. The summed E-state index contributed by atoms with van der Waals surface area (Å²) in [5.41, 5.74) is 7.48. The molecule has 0 saturated carbocycles. The number of fused-ring (bicyclic) bond motifs is 1. The molecule has 0 saturated heterocycles. The van der Waals surface area contributed by atoms with Gasteiger partial charge < -0.3 is 10.5 Å². The summed E-state index contributed by atoms with van der Waals surface area (Å²) in [6.45, 7) is 3.28. The maximum absolute atomic E-state index is 14.4. The molecule has 2 N–H and O–H groups in total. The van der Waals surface area contributed by atoms with E-state index in [0.717, 1.165) is 6.20 Å². The molecule has 0 radical (unpaired) electrons. The van der Waals surface area contributed by atoms with Gasteiger partial charge in [-0.1, -0.05) is 0 Å². The van der Waals surface area contributed by atoms with Crippen LogP contribution in [0, 0.1) is 36.8 Å². The van der Waals surface area contributed by atoms with Gasteiger partial charge in [0.1, 0.15) is 29.0 Å². The molecule has 0 amide bonds. The number of hydrogen-bond acceptors (Lipinski definition) is 4. The molecule has 0 fully saturated rings. The normalized spacial score (nSPS) is 10.8. The van der Waals surface area contributed by atoms with Crippen LogP contribution in [0.1, 0.15) is 16.7 Å². The van der Waals surface area contributed by atoms with Crippen LogP contribution in [0.3, 0.4) is 0 Å². The van der Waals surface area contributed by atoms with Crippen LogP contribution >= 0.6 is 0 Å². The zero-order valence-corrected chi connectivity index (χ0v) is 13.3. The Kier molecular flexibility index (Phi) is 3.60. The quantitative estimate of drug-likeness (QED) is 0.782. The molecule has 0 unspecified atom stereocenters.